The highest BCUT2D eigenvalue weighted by Crippen LogP contribution is 2.48. The van der Waals surface area contributed by atoms with Crippen molar-refractivity contribution in [2.45, 2.75) is 247 Å². The molecular formula is C59H111N3O16Si2. The number of esters is 2. The molecule has 2 fully saturated rings. The van der Waals surface area contributed by atoms with E-state index in [0.717, 1.165) is 12.8 Å². The van der Waals surface area contributed by atoms with Crippen LogP contribution in [0.3, 0.4) is 0 Å². The van der Waals surface area contributed by atoms with E-state index in [1.54, 1.807) is 13.8 Å². The van der Waals surface area contributed by atoms with Crippen molar-refractivity contribution in [1.82, 2.24) is 15.4 Å². The monoisotopic (exact) mass is 1170 g/mol. The van der Waals surface area contributed by atoms with Gasteiger partial charge < -0.3 is 41.3 Å². The van der Waals surface area contributed by atoms with E-state index in [1.165, 1.54) is 42.7 Å². The summed E-state index contributed by atoms with van der Waals surface area (Å²) in [6, 6.07) is 0. The average Bonchev–Trinajstić information content (AvgIpc) is 3.43. The van der Waals surface area contributed by atoms with E-state index in [4.69, 9.17) is 45.7 Å². The van der Waals surface area contributed by atoms with Crippen molar-refractivity contribution in [3.05, 3.63) is 0 Å². The van der Waals surface area contributed by atoms with Crippen LogP contribution < -0.4 is 5.32 Å². The first kappa shape index (κ1) is 73.6. The lowest BCUT2D eigenvalue weighted by Gasteiger charge is -2.57. The molecule has 1 N–H and O–H groups in total. The Morgan fingerprint density at radius 1 is 0.575 bits per heavy atom. The molecule has 2 heterocycles. The van der Waals surface area contributed by atoms with Crippen molar-refractivity contribution in [3.63, 3.8) is 0 Å². The number of ketones is 3. The van der Waals surface area contributed by atoms with Crippen LogP contribution in [0.1, 0.15) is 214 Å². The number of rotatable bonds is 38. The van der Waals surface area contributed by atoms with E-state index in [2.05, 4.69) is 5.32 Å². The SMILES string of the molecule is CCCCOC(=O)C(CC(ON1C(C)(CC)CC(=O)C(C)C1(C)CC)[Si](OC)(OC)OC)CC(C)(C)C(=O)CCCNC(=O)C(C)(C)CC(CC(ON1C(C)(CC)CC(=O)C(C)C1(C)CC)[Si](OC)(OC)OC)C(=O)OCCCC. The van der Waals surface area contributed by atoms with Crippen LogP contribution in [0.25, 0.3) is 0 Å². The zero-order valence-electron chi connectivity index (χ0n) is 53.8. The van der Waals surface area contributed by atoms with Gasteiger partial charge >= 0.3 is 29.5 Å². The molecule has 0 aromatic rings. The highest BCUT2D eigenvalue weighted by molar-refractivity contribution is 6.62. The third kappa shape index (κ3) is 17.1. The number of amides is 1. The summed E-state index contributed by atoms with van der Waals surface area (Å²) in [4.78, 5) is 98.5. The quantitative estimate of drug-likeness (QED) is 0.0346. The van der Waals surface area contributed by atoms with E-state index >= 15 is 0 Å². The number of carbonyl (C=O) groups excluding carboxylic acids is 6. The second-order valence-electron chi connectivity index (χ2n) is 24.9. The van der Waals surface area contributed by atoms with E-state index in [1.807, 2.05) is 107 Å². The van der Waals surface area contributed by atoms with Crippen LogP contribution in [-0.2, 0) is 74.5 Å². The molecule has 466 valence electrons. The van der Waals surface area contributed by atoms with E-state index in [0.29, 0.717) is 44.9 Å². The van der Waals surface area contributed by atoms with Gasteiger partial charge in [-0.1, -0.05) is 95.9 Å². The van der Waals surface area contributed by atoms with Crippen LogP contribution in [0.15, 0.2) is 0 Å². The molecular weight excluding hydrogens is 1060 g/mol. The minimum atomic E-state index is -3.74. The molecule has 2 aliphatic heterocycles. The lowest BCUT2D eigenvalue weighted by molar-refractivity contribution is -0.312. The molecule has 19 nitrogen and oxygen atoms in total. The number of hydrogen-bond donors (Lipinski definition) is 1. The fourth-order valence-corrected chi connectivity index (χ4v) is 16.0. The number of nitrogens with zero attached hydrogens (tertiary/aromatic N) is 2. The molecule has 0 aromatic carbocycles. The second kappa shape index (κ2) is 31.6. The molecule has 1 amide bonds. The van der Waals surface area contributed by atoms with Crippen LogP contribution >= 0.6 is 0 Å². The number of nitrogens with one attached hydrogen (secondary N) is 1. The van der Waals surface area contributed by atoms with Gasteiger partial charge in [0.05, 0.1) is 47.2 Å². The van der Waals surface area contributed by atoms with Gasteiger partial charge in [0.15, 0.2) is 0 Å². The van der Waals surface area contributed by atoms with Gasteiger partial charge in [-0.2, -0.15) is 10.1 Å². The molecule has 0 saturated carbocycles. The van der Waals surface area contributed by atoms with Crippen molar-refractivity contribution in [3.8, 4) is 0 Å². The number of hydrogen-bond acceptors (Lipinski definition) is 18. The summed E-state index contributed by atoms with van der Waals surface area (Å²) in [7, 11) is 1.47. The maximum absolute atomic E-state index is 14.4. The second-order valence-corrected chi connectivity index (χ2v) is 31.1. The van der Waals surface area contributed by atoms with E-state index in [-0.39, 0.29) is 99.8 Å². The lowest BCUT2D eigenvalue weighted by Crippen LogP contribution is -2.69. The summed E-state index contributed by atoms with van der Waals surface area (Å²) < 4.78 is 48.2. The molecule has 0 spiro atoms. The van der Waals surface area contributed by atoms with Crippen LogP contribution in [0.5, 0.6) is 0 Å². The Bertz CT molecular complexity index is 1850. The zero-order valence-corrected chi connectivity index (χ0v) is 55.8. The molecule has 0 aromatic heterocycles. The zero-order chi connectivity index (χ0) is 61.3. The number of hydroxylamine groups is 4. The molecule has 2 aliphatic rings. The first-order chi connectivity index (χ1) is 37.3. The minimum absolute atomic E-state index is 0.0196. The van der Waals surface area contributed by atoms with Gasteiger partial charge in [-0.15, -0.1) is 0 Å². The minimum Gasteiger partial charge on any atom is -0.465 e. The van der Waals surface area contributed by atoms with Crippen LogP contribution in [-0.4, -0.2) is 159 Å². The first-order valence-electron chi connectivity index (χ1n) is 29.8. The third-order valence-electron chi connectivity index (χ3n) is 18.7. The number of piperidine rings is 2. The Kier molecular flexibility index (Phi) is 29.0. The van der Waals surface area contributed by atoms with Crippen molar-refractivity contribution in [2.24, 2.45) is 34.5 Å². The van der Waals surface area contributed by atoms with Gasteiger partial charge in [-0.3, -0.25) is 38.4 Å². The van der Waals surface area contributed by atoms with Gasteiger partial charge in [-0.05, 0) is 98.3 Å². The van der Waals surface area contributed by atoms with Crippen molar-refractivity contribution >= 4 is 52.8 Å². The molecule has 0 aliphatic carbocycles. The molecule has 0 bridgehead atoms. The number of carbonyl (C=O) groups is 6. The van der Waals surface area contributed by atoms with Crippen molar-refractivity contribution < 1.29 is 74.5 Å². The Balaban J connectivity index is 2.48. The number of unbranched alkanes of at least 4 members (excludes halogenated alkanes) is 2. The van der Waals surface area contributed by atoms with E-state index in [9.17, 15) is 28.8 Å². The first-order valence-corrected chi connectivity index (χ1v) is 33.4. The van der Waals surface area contributed by atoms with Crippen LogP contribution in [0, 0.1) is 34.5 Å². The maximum atomic E-state index is 14.4. The number of Topliss-reactive ketones (excluding diaryl/α,β-unsaturated/α-hetero) is 3. The molecule has 0 radical (unpaired) electrons. The molecule has 2 rings (SSSR count). The van der Waals surface area contributed by atoms with Crippen LogP contribution in [0.4, 0.5) is 0 Å². The Hall–Kier alpha value is -2.55. The molecule has 10 atom stereocenters. The fraction of sp³-hybridized carbons (Fsp3) is 0.898. The van der Waals surface area contributed by atoms with Gasteiger partial charge in [0.2, 0.25) is 5.91 Å². The molecule has 80 heavy (non-hydrogen) atoms. The summed E-state index contributed by atoms with van der Waals surface area (Å²) in [5.74, 6) is -3.57. The van der Waals surface area contributed by atoms with Gasteiger partial charge in [-0.25, -0.2) is 0 Å². The topological polar surface area (TPSA) is 213 Å². The fourth-order valence-electron chi connectivity index (χ4n) is 11.8. The summed E-state index contributed by atoms with van der Waals surface area (Å²) in [6.07, 6.45) is 6.47. The largest absolute Gasteiger partial charge is 0.532 e. The standard InChI is InChI=1S/C59H111N3O16Si2/c1-23-29-34-75-51(66)44(36-49(79(69-17,70-18)71-19)77-61-56(13,25-3)40-46(63)42(7)58(61,15)27-5)38-54(9,10)48(65)32-31-33-60-53(68)55(11,12)39-45(52(67)76-35-30-24-2)37-50(80(72-20,73-21)74-22)78-62-57(14,26-4)41-47(64)43(8)59(62,16)28-6/h42-45,49-50H,23-41H2,1-22H3,(H,60,68). The summed E-state index contributed by atoms with van der Waals surface area (Å²) in [6.45, 7) is 31.8. The summed E-state index contributed by atoms with van der Waals surface area (Å²) in [5.41, 5.74) is -6.89. The Labute approximate surface area is 484 Å². The Morgan fingerprint density at radius 2 is 0.925 bits per heavy atom. The average molecular weight is 1170 g/mol. The Morgan fingerprint density at radius 3 is 1.24 bits per heavy atom. The predicted octanol–water partition coefficient (Wildman–Crippen LogP) is 9.92. The van der Waals surface area contributed by atoms with Gasteiger partial charge in [0.25, 0.3) is 0 Å². The van der Waals surface area contributed by atoms with E-state index < -0.39 is 85.8 Å². The third-order valence-corrected chi connectivity index (χ3v) is 24.3. The highest BCUT2D eigenvalue weighted by atomic mass is 28.4. The predicted molar refractivity (Wildman–Crippen MR) is 311 cm³/mol. The summed E-state index contributed by atoms with van der Waals surface area (Å²) >= 11 is 0. The van der Waals surface area contributed by atoms with Gasteiger partial charge in [0, 0.05) is 91.1 Å². The van der Waals surface area contributed by atoms with Gasteiger partial charge in [0.1, 0.15) is 28.8 Å². The molecule has 21 heteroatoms. The maximum Gasteiger partial charge on any atom is 0.532 e. The lowest BCUT2D eigenvalue weighted by atomic mass is 9.70. The smallest absolute Gasteiger partial charge is 0.465 e. The van der Waals surface area contributed by atoms with Crippen LogP contribution in [0.2, 0.25) is 0 Å². The van der Waals surface area contributed by atoms with Crippen molar-refractivity contribution in [1.29, 1.82) is 0 Å². The summed E-state index contributed by atoms with van der Waals surface area (Å²) in [5, 5.41) is 6.91. The normalized spacial score (nSPS) is 26.2. The molecule has 2 saturated heterocycles. The number of ether oxygens (including phenoxy) is 2. The highest BCUT2D eigenvalue weighted by Gasteiger charge is 2.61. The molecule has 10 unspecified atom stereocenters. The van der Waals surface area contributed by atoms with Crippen molar-refractivity contribution in [2.75, 3.05) is 62.4 Å².